The van der Waals surface area contributed by atoms with Crippen molar-refractivity contribution in [1.29, 1.82) is 0 Å². The quantitative estimate of drug-likeness (QED) is 0.586. The number of carbonyl (C=O) groups is 2. The molecule has 0 bridgehead atoms. The van der Waals surface area contributed by atoms with Crippen LogP contribution in [0.5, 0.6) is 0 Å². The van der Waals surface area contributed by atoms with E-state index in [1.807, 2.05) is 16.7 Å². The van der Waals surface area contributed by atoms with Crippen molar-refractivity contribution in [3.8, 4) is 0 Å². The van der Waals surface area contributed by atoms with Crippen LogP contribution in [-0.4, -0.2) is 82.4 Å². The molecule has 2 fully saturated rings. The maximum Gasteiger partial charge on any atom is 0.247 e. The van der Waals surface area contributed by atoms with Gasteiger partial charge in [-0.3, -0.25) is 9.59 Å². The van der Waals surface area contributed by atoms with Crippen molar-refractivity contribution in [1.82, 2.24) is 14.5 Å². The van der Waals surface area contributed by atoms with Crippen LogP contribution >= 0.6 is 12.4 Å². The van der Waals surface area contributed by atoms with Gasteiger partial charge in [0.2, 0.25) is 21.8 Å². The Kier molecular flexibility index (Phi) is 8.34. The van der Waals surface area contributed by atoms with Gasteiger partial charge in [0.05, 0.1) is 5.69 Å². The van der Waals surface area contributed by atoms with Gasteiger partial charge in [0.15, 0.2) is 10.7 Å². The summed E-state index contributed by atoms with van der Waals surface area (Å²) >= 11 is 0. The SMILES string of the molecule is CN1CCN(C(=O)[C@H](CN)NS(=O)(=O)c2c(F)ccc(N3CCCC3=O)c2F)CC1.Cl. The first kappa shape index (κ1) is 25.4. The van der Waals surface area contributed by atoms with E-state index in [0.717, 1.165) is 17.0 Å². The number of anilines is 1. The van der Waals surface area contributed by atoms with Crippen molar-refractivity contribution in [3.05, 3.63) is 23.8 Å². The second-order valence-electron chi connectivity index (χ2n) is 7.40. The molecule has 31 heavy (non-hydrogen) atoms. The second-order valence-corrected chi connectivity index (χ2v) is 9.05. The summed E-state index contributed by atoms with van der Waals surface area (Å²) in [7, 11) is -2.88. The Bertz CT molecular complexity index is 941. The van der Waals surface area contributed by atoms with E-state index in [1.165, 1.54) is 4.90 Å². The fourth-order valence-electron chi connectivity index (χ4n) is 3.57. The second kappa shape index (κ2) is 10.2. The molecule has 3 N–H and O–H groups in total. The topological polar surface area (TPSA) is 116 Å². The molecule has 13 heteroatoms. The standard InChI is InChI=1S/C18H25F2N5O4S.ClH/c1-23-7-9-24(10-8-23)18(27)13(11-21)22-30(28,29)17-12(19)4-5-14(16(17)20)25-6-2-3-15(25)26;/h4-5,13,22H,2-3,6-11,21H2,1H3;1H/t13-;/m0./s1. The van der Waals surface area contributed by atoms with Crippen LogP contribution < -0.4 is 15.4 Å². The van der Waals surface area contributed by atoms with Crippen molar-refractivity contribution in [3.63, 3.8) is 0 Å². The monoisotopic (exact) mass is 481 g/mol. The Morgan fingerprint density at radius 1 is 1.19 bits per heavy atom. The number of hydrogen-bond donors (Lipinski definition) is 2. The van der Waals surface area contributed by atoms with Crippen LogP contribution in [0.2, 0.25) is 0 Å². The van der Waals surface area contributed by atoms with E-state index in [4.69, 9.17) is 5.73 Å². The average molecular weight is 482 g/mol. The number of amides is 2. The van der Waals surface area contributed by atoms with Gasteiger partial charge in [0, 0.05) is 45.7 Å². The first-order valence-electron chi connectivity index (χ1n) is 9.64. The van der Waals surface area contributed by atoms with E-state index in [-0.39, 0.29) is 43.5 Å². The molecule has 2 aliphatic heterocycles. The number of piperazine rings is 1. The maximum atomic E-state index is 15.0. The lowest BCUT2D eigenvalue weighted by Gasteiger charge is -2.34. The molecule has 2 heterocycles. The molecular formula is C18H26ClF2N5O4S. The Morgan fingerprint density at radius 3 is 2.39 bits per heavy atom. The Morgan fingerprint density at radius 2 is 1.84 bits per heavy atom. The molecule has 2 amide bonds. The number of likely N-dealkylation sites (N-methyl/N-ethyl adjacent to an activating group) is 1. The predicted octanol–water partition coefficient (Wildman–Crippen LogP) is -0.107. The highest BCUT2D eigenvalue weighted by Crippen LogP contribution is 2.30. The van der Waals surface area contributed by atoms with Crippen molar-refractivity contribution in [2.75, 3.05) is 51.2 Å². The van der Waals surface area contributed by atoms with Crippen LogP contribution in [0.15, 0.2) is 17.0 Å². The van der Waals surface area contributed by atoms with Crippen molar-refractivity contribution < 1.29 is 26.8 Å². The van der Waals surface area contributed by atoms with Gasteiger partial charge in [0.25, 0.3) is 0 Å². The van der Waals surface area contributed by atoms with Gasteiger partial charge in [-0.05, 0) is 25.6 Å². The number of sulfonamides is 1. The minimum atomic E-state index is -4.77. The van der Waals surface area contributed by atoms with Crippen LogP contribution in [-0.2, 0) is 19.6 Å². The van der Waals surface area contributed by atoms with Gasteiger partial charge >= 0.3 is 0 Å². The van der Waals surface area contributed by atoms with E-state index in [9.17, 15) is 22.4 Å². The molecule has 0 aliphatic carbocycles. The first-order valence-corrected chi connectivity index (χ1v) is 11.1. The number of carbonyl (C=O) groups excluding carboxylic acids is 2. The van der Waals surface area contributed by atoms with Gasteiger partial charge in [-0.1, -0.05) is 0 Å². The lowest BCUT2D eigenvalue weighted by Crippen LogP contribution is -2.56. The molecule has 0 saturated carbocycles. The van der Waals surface area contributed by atoms with Crippen LogP contribution in [0.4, 0.5) is 14.5 Å². The number of nitrogens with one attached hydrogen (secondary N) is 1. The molecule has 2 saturated heterocycles. The molecule has 1 aromatic rings. The van der Waals surface area contributed by atoms with Crippen molar-refractivity contribution in [2.24, 2.45) is 5.73 Å². The zero-order valence-electron chi connectivity index (χ0n) is 17.0. The predicted molar refractivity (Wildman–Crippen MR) is 112 cm³/mol. The molecule has 0 unspecified atom stereocenters. The van der Waals surface area contributed by atoms with Gasteiger partial charge in [-0.15, -0.1) is 12.4 Å². The van der Waals surface area contributed by atoms with E-state index in [0.29, 0.717) is 32.6 Å². The fourth-order valence-corrected chi connectivity index (χ4v) is 4.93. The summed E-state index contributed by atoms with van der Waals surface area (Å²) in [5, 5.41) is 0. The summed E-state index contributed by atoms with van der Waals surface area (Å²) < 4.78 is 57.0. The number of benzene rings is 1. The van der Waals surface area contributed by atoms with Crippen LogP contribution in [0, 0.1) is 11.6 Å². The summed E-state index contributed by atoms with van der Waals surface area (Å²) in [6, 6.07) is 0.454. The molecule has 0 spiro atoms. The van der Waals surface area contributed by atoms with Crippen LogP contribution in [0.25, 0.3) is 0 Å². The van der Waals surface area contributed by atoms with E-state index < -0.39 is 38.5 Å². The zero-order chi connectivity index (χ0) is 22.1. The minimum Gasteiger partial charge on any atom is -0.339 e. The third-order valence-corrected chi connectivity index (χ3v) is 6.81. The Hall–Kier alpha value is -1.86. The molecule has 0 aromatic heterocycles. The molecule has 9 nitrogen and oxygen atoms in total. The first-order chi connectivity index (χ1) is 14.2. The lowest BCUT2D eigenvalue weighted by atomic mass is 10.2. The smallest absolute Gasteiger partial charge is 0.247 e. The third kappa shape index (κ3) is 5.32. The molecule has 2 aliphatic rings. The molecule has 3 rings (SSSR count). The average Bonchev–Trinajstić information content (AvgIpc) is 3.12. The van der Waals surface area contributed by atoms with Crippen molar-refractivity contribution in [2.45, 2.75) is 23.8 Å². The highest BCUT2D eigenvalue weighted by molar-refractivity contribution is 7.89. The number of hydrogen-bond acceptors (Lipinski definition) is 6. The van der Waals surface area contributed by atoms with Crippen LogP contribution in [0.3, 0.4) is 0 Å². The zero-order valence-corrected chi connectivity index (χ0v) is 18.6. The Labute approximate surface area is 186 Å². The van der Waals surface area contributed by atoms with E-state index >= 15 is 4.39 Å². The fraction of sp³-hybridized carbons (Fsp3) is 0.556. The number of rotatable bonds is 6. The highest BCUT2D eigenvalue weighted by Gasteiger charge is 2.35. The van der Waals surface area contributed by atoms with Gasteiger partial charge < -0.3 is 20.4 Å². The molecular weight excluding hydrogens is 456 g/mol. The number of halogens is 3. The molecule has 1 aromatic carbocycles. The van der Waals surface area contributed by atoms with Crippen molar-refractivity contribution >= 4 is 39.9 Å². The minimum absolute atomic E-state index is 0. The Balaban J connectivity index is 0.00000341. The molecule has 0 radical (unpaired) electrons. The van der Waals surface area contributed by atoms with Gasteiger partial charge in [0.1, 0.15) is 11.9 Å². The lowest BCUT2D eigenvalue weighted by molar-refractivity contribution is -0.134. The summed E-state index contributed by atoms with van der Waals surface area (Å²) in [6.45, 7) is 1.85. The van der Waals surface area contributed by atoms with E-state index in [2.05, 4.69) is 0 Å². The molecule has 174 valence electrons. The molecule has 1 atom stereocenters. The summed E-state index contributed by atoms with van der Waals surface area (Å²) in [5.41, 5.74) is 5.28. The highest BCUT2D eigenvalue weighted by atomic mass is 35.5. The largest absolute Gasteiger partial charge is 0.339 e. The van der Waals surface area contributed by atoms with Crippen LogP contribution in [0.1, 0.15) is 12.8 Å². The summed E-state index contributed by atoms with van der Waals surface area (Å²) in [4.78, 5) is 27.9. The van der Waals surface area contributed by atoms with Gasteiger partial charge in [-0.2, -0.15) is 4.72 Å². The maximum absolute atomic E-state index is 15.0. The number of nitrogens with two attached hydrogens (primary N) is 1. The summed E-state index contributed by atoms with van der Waals surface area (Å²) in [5.74, 6) is -3.62. The van der Waals surface area contributed by atoms with Gasteiger partial charge in [-0.25, -0.2) is 17.2 Å². The third-order valence-electron chi connectivity index (χ3n) is 5.31. The summed E-state index contributed by atoms with van der Waals surface area (Å²) in [6.07, 6.45) is 0.691. The normalized spacial score (nSPS) is 18.8. The number of nitrogens with zero attached hydrogens (tertiary/aromatic N) is 3. The van der Waals surface area contributed by atoms with E-state index in [1.54, 1.807) is 0 Å².